The largest absolute Gasteiger partial charge is 0.344 e. The van der Waals surface area contributed by atoms with Crippen LogP contribution in [0, 0.1) is 6.92 Å². The molecule has 38 heavy (non-hydrogen) atoms. The Balaban J connectivity index is 1.28. The van der Waals surface area contributed by atoms with E-state index in [-0.39, 0.29) is 30.2 Å². The number of thiophene rings is 1. The Morgan fingerprint density at radius 3 is 2.58 bits per heavy atom. The molecule has 1 N–H and O–H groups in total. The average molecular weight is 610 g/mol. The van der Waals surface area contributed by atoms with Gasteiger partial charge >= 0.3 is 0 Å². The molecule has 2 aromatic heterocycles. The number of nitrogens with one attached hydrogen (secondary N) is 1. The van der Waals surface area contributed by atoms with Crippen LogP contribution in [0.25, 0.3) is 0 Å². The van der Waals surface area contributed by atoms with Gasteiger partial charge in [0.15, 0.2) is 11.0 Å². The number of rotatable bonds is 8. The molecule has 2 aromatic carbocycles. The minimum absolute atomic E-state index is 0.108. The molecule has 11 heteroatoms. The molecule has 0 spiro atoms. The van der Waals surface area contributed by atoms with E-state index in [1.54, 1.807) is 15.6 Å². The summed E-state index contributed by atoms with van der Waals surface area (Å²) in [5, 5.41) is 20.1. The zero-order valence-corrected chi connectivity index (χ0v) is 24.0. The van der Waals surface area contributed by atoms with Crippen LogP contribution in [0.3, 0.4) is 0 Å². The number of halogens is 1. The lowest BCUT2D eigenvalue weighted by Gasteiger charge is -2.22. The molecule has 194 valence electrons. The van der Waals surface area contributed by atoms with E-state index in [1.807, 2.05) is 49.7 Å². The lowest BCUT2D eigenvalue weighted by molar-refractivity contribution is -0.130. The van der Waals surface area contributed by atoms with Gasteiger partial charge in [0.25, 0.3) is 11.8 Å². The van der Waals surface area contributed by atoms with Gasteiger partial charge in [0, 0.05) is 17.9 Å². The van der Waals surface area contributed by atoms with E-state index >= 15 is 0 Å². The minimum atomic E-state index is -0.176. The molecule has 0 bridgehead atoms. The smallest absolute Gasteiger partial charge is 0.261 e. The number of hydrogen-bond acceptors (Lipinski definition) is 7. The molecule has 0 aliphatic carbocycles. The van der Waals surface area contributed by atoms with Crippen molar-refractivity contribution in [2.75, 3.05) is 5.75 Å². The van der Waals surface area contributed by atoms with Crippen LogP contribution < -0.4 is 5.32 Å². The second kappa shape index (κ2) is 11.6. The Hall–Kier alpha value is -3.28. The van der Waals surface area contributed by atoms with Crippen LogP contribution in [0.4, 0.5) is 0 Å². The molecular formula is C27H25BrN6O2S2. The number of thioether (sulfide) groups is 1. The van der Waals surface area contributed by atoms with Gasteiger partial charge in [0.1, 0.15) is 0 Å². The molecular weight excluding hydrogens is 584 g/mol. The summed E-state index contributed by atoms with van der Waals surface area (Å²) < 4.78 is 2.79. The van der Waals surface area contributed by atoms with Crippen molar-refractivity contribution in [2.24, 2.45) is 12.1 Å². The van der Waals surface area contributed by atoms with Crippen molar-refractivity contribution in [2.45, 2.75) is 31.1 Å². The summed E-state index contributed by atoms with van der Waals surface area (Å²) in [4.78, 5) is 26.3. The molecule has 2 amide bonds. The van der Waals surface area contributed by atoms with E-state index in [0.29, 0.717) is 22.3 Å². The molecule has 4 aromatic rings. The number of benzene rings is 2. The van der Waals surface area contributed by atoms with Crippen molar-refractivity contribution in [1.82, 2.24) is 25.1 Å². The van der Waals surface area contributed by atoms with Crippen LogP contribution in [-0.4, -0.2) is 43.1 Å². The summed E-state index contributed by atoms with van der Waals surface area (Å²) in [6, 6.07) is 19.7. The Bertz CT molecular complexity index is 1470. The van der Waals surface area contributed by atoms with Gasteiger partial charge in [-0.1, -0.05) is 75.7 Å². The maximum atomic E-state index is 13.4. The zero-order valence-electron chi connectivity index (χ0n) is 20.8. The summed E-state index contributed by atoms with van der Waals surface area (Å²) in [7, 11) is 1.83. The maximum absolute atomic E-state index is 13.4. The number of carbonyl (C=O) groups is 2. The Kier molecular flexibility index (Phi) is 8.06. The van der Waals surface area contributed by atoms with Crippen LogP contribution in [0.2, 0.25) is 0 Å². The topological polar surface area (TPSA) is 92.5 Å². The van der Waals surface area contributed by atoms with Crippen LogP contribution in [0.15, 0.2) is 80.8 Å². The first-order chi connectivity index (χ1) is 18.4. The fourth-order valence-electron chi connectivity index (χ4n) is 4.08. The molecule has 0 fully saturated rings. The van der Waals surface area contributed by atoms with Gasteiger partial charge in [-0.25, -0.2) is 5.01 Å². The number of nitrogens with zero attached hydrogens (tertiary/aromatic N) is 5. The van der Waals surface area contributed by atoms with Gasteiger partial charge < -0.3 is 9.88 Å². The fourth-order valence-corrected chi connectivity index (χ4v) is 5.76. The summed E-state index contributed by atoms with van der Waals surface area (Å²) >= 11 is 6.17. The first-order valence-electron chi connectivity index (χ1n) is 11.9. The molecule has 8 nitrogen and oxygen atoms in total. The second-order valence-electron chi connectivity index (χ2n) is 8.83. The van der Waals surface area contributed by atoms with Crippen molar-refractivity contribution in [3.8, 4) is 0 Å². The number of carbonyl (C=O) groups excluding carboxylic acids is 2. The summed E-state index contributed by atoms with van der Waals surface area (Å²) in [6.07, 6.45) is 0.638. The number of aromatic nitrogens is 3. The fraction of sp³-hybridized carbons (Fsp3) is 0.222. The number of hydrogen-bond donors (Lipinski definition) is 1. The number of amides is 2. The normalized spacial score (nSPS) is 15.0. The van der Waals surface area contributed by atoms with E-state index < -0.39 is 0 Å². The van der Waals surface area contributed by atoms with E-state index in [0.717, 1.165) is 21.3 Å². The molecule has 0 unspecified atom stereocenters. The van der Waals surface area contributed by atoms with Crippen molar-refractivity contribution >= 4 is 56.6 Å². The summed E-state index contributed by atoms with van der Waals surface area (Å²) in [6.45, 7) is 2.29. The number of hydrazone groups is 1. The van der Waals surface area contributed by atoms with Crippen LogP contribution >= 0.6 is 39.0 Å². The highest BCUT2D eigenvalue weighted by Crippen LogP contribution is 2.34. The summed E-state index contributed by atoms with van der Waals surface area (Å²) in [5.41, 5.74) is 4.09. The van der Waals surface area contributed by atoms with E-state index in [2.05, 4.69) is 55.7 Å². The van der Waals surface area contributed by atoms with Gasteiger partial charge in [0.2, 0.25) is 0 Å². The molecule has 3 heterocycles. The van der Waals surface area contributed by atoms with Crippen molar-refractivity contribution < 1.29 is 9.59 Å². The highest BCUT2D eigenvalue weighted by atomic mass is 79.9. The molecule has 0 radical (unpaired) electrons. The van der Waals surface area contributed by atoms with Gasteiger partial charge in [-0.15, -0.1) is 21.5 Å². The lowest BCUT2D eigenvalue weighted by Crippen LogP contribution is -2.28. The highest BCUT2D eigenvalue weighted by Gasteiger charge is 2.33. The second-order valence-corrected chi connectivity index (χ2v) is 11.6. The van der Waals surface area contributed by atoms with Gasteiger partial charge in [0.05, 0.1) is 28.9 Å². The van der Waals surface area contributed by atoms with Gasteiger partial charge in [-0.2, -0.15) is 5.10 Å². The molecule has 1 atom stereocenters. The quantitative estimate of drug-likeness (QED) is 0.272. The Morgan fingerprint density at radius 1 is 1.11 bits per heavy atom. The van der Waals surface area contributed by atoms with E-state index in [9.17, 15) is 9.59 Å². The monoisotopic (exact) mass is 608 g/mol. The SMILES string of the molecule is Cc1ccc([C@@H]2CC(c3ccc(Br)cc3)=NN2C(=O)CSc2nnc(CNC(=O)c3cccs3)n2C)cc1. The number of aryl methyl sites for hydroxylation is 1. The molecule has 1 aliphatic rings. The predicted molar refractivity (Wildman–Crippen MR) is 153 cm³/mol. The van der Waals surface area contributed by atoms with Crippen molar-refractivity contribution in [1.29, 1.82) is 0 Å². The first kappa shape index (κ1) is 26.3. The predicted octanol–water partition coefficient (Wildman–Crippen LogP) is 5.35. The third kappa shape index (κ3) is 5.90. The Morgan fingerprint density at radius 2 is 1.87 bits per heavy atom. The van der Waals surface area contributed by atoms with Gasteiger partial charge in [-0.05, 0) is 41.6 Å². The molecule has 0 saturated carbocycles. The minimum Gasteiger partial charge on any atom is -0.344 e. The van der Waals surface area contributed by atoms with Crippen LogP contribution in [0.1, 0.15) is 44.6 Å². The van der Waals surface area contributed by atoms with Crippen molar-refractivity contribution in [3.05, 3.63) is 97.9 Å². The highest BCUT2D eigenvalue weighted by molar-refractivity contribution is 9.10. The summed E-state index contributed by atoms with van der Waals surface area (Å²) in [5.74, 6) is 0.512. The van der Waals surface area contributed by atoms with Crippen LogP contribution in [0.5, 0.6) is 0 Å². The van der Waals surface area contributed by atoms with E-state index in [1.165, 1.54) is 28.7 Å². The Labute approximate surface area is 237 Å². The lowest BCUT2D eigenvalue weighted by atomic mass is 9.98. The van der Waals surface area contributed by atoms with Gasteiger partial charge in [-0.3, -0.25) is 9.59 Å². The third-order valence-electron chi connectivity index (χ3n) is 6.21. The zero-order chi connectivity index (χ0) is 26.6. The maximum Gasteiger partial charge on any atom is 0.261 e. The molecule has 0 saturated heterocycles. The average Bonchev–Trinajstić information content (AvgIpc) is 3.68. The van der Waals surface area contributed by atoms with E-state index in [4.69, 9.17) is 5.10 Å². The molecule has 1 aliphatic heterocycles. The van der Waals surface area contributed by atoms with Crippen molar-refractivity contribution in [3.63, 3.8) is 0 Å². The standard InChI is InChI=1S/C27H25BrN6O2S2/c1-17-5-7-19(8-6-17)22-14-21(18-9-11-20(28)12-10-18)32-34(22)25(35)16-38-27-31-30-24(33(27)2)15-29-26(36)23-4-3-13-37-23/h3-13,22H,14-16H2,1-2H3,(H,29,36)/t22-/m0/s1. The third-order valence-corrected chi connectivity index (χ3v) is 8.61. The first-order valence-corrected chi connectivity index (χ1v) is 14.6. The van der Waals surface area contributed by atoms with Crippen LogP contribution in [-0.2, 0) is 18.4 Å². The molecule has 5 rings (SSSR count).